The summed E-state index contributed by atoms with van der Waals surface area (Å²) in [6.45, 7) is 0. The van der Waals surface area contributed by atoms with Gasteiger partial charge in [0.15, 0.2) is 0 Å². The summed E-state index contributed by atoms with van der Waals surface area (Å²) in [7, 11) is 0. The molecule has 0 unspecified atom stereocenters. The lowest BCUT2D eigenvalue weighted by atomic mass is 10.0. The molecule has 0 fully saturated rings. The van der Waals surface area contributed by atoms with Gasteiger partial charge < -0.3 is 0 Å². The third-order valence-electron chi connectivity index (χ3n) is 1.77. The van der Waals surface area contributed by atoms with E-state index in [1.165, 1.54) is 12.1 Å². The van der Waals surface area contributed by atoms with Gasteiger partial charge in [-0.25, -0.2) is 0 Å². The van der Waals surface area contributed by atoms with Gasteiger partial charge in [0.25, 0.3) is 0 Å². The van der Waals surface area contributed by atoms with E-state index in [4.69, 9.17) is 16.9 Å². The fourth-order valence-corrected chi connectivity index (χ4v) is 2.06. The lowest BCUT2D eigenvalue weighted by Crippen LogP contribution is -2.10. The predicted molar refractivity (Wildman–Crippen MR) is 53.8 cm³/mol. The first-order valence-corrected chi connectivity index (χ1v) is 5.26. The Labute approximate surface area is 97.6 Å². The molecule has 0 spiro atoms. The topological polar surface area (TPSA) is 23.8 Å². The molecule has 0 bridgehead atoms. The van der Waals surface area contributed by atoms with Crippen molar-refractivity contribution < 1.29 is 13.2 Å². The fourth-order valence-electron chi connectivity index (χ4n) is 1.09. The first-order chi connectivity index (χ1) is 6.91. The van der Waals surface area contributed by atoms with E-state index in [1.807, 2.05) is 0 Å². The van der Waals surface area contributed by atoms with Gasteiger partial charge in [0.1, 0.15) is 0 Å². The van der Waals surface area contributed by atoms with Crippen molar-refractivity contribution in [2.75, 3.05) is 0 Å². The summed E-state index contributed by atoms with van der Waals surface area (Å²) in [6.07, 6.45) is -4.61. The minimum Gasteiger partial charge on any atom is -0.192 e. The van der Waals surface area contributed by atoms with Crippen LogP contribution in [0.5, 0.6) is 0 Å². The smallest absolute Gasteiger partial charge is 0.192 e. The average Bonchev–Trinajstić information content (AvgIpc) is 2.15. The van der Waals surface area contributed by atoms with Gasteiger partial charge in [-0.1, -0.05) is 33.6 Å². The van der Waals surface area contributed by atoms with Crippen molar-refractivity contribution in [1.82, 2.24) is 0 Å². The molecule has 0 aliphatic carbocycles. The fraction of sp³-hybridized carbons (Fsp3) is 0.222. The van der Waals surface area contributed by atoms with E-state index in [-0.39, 0.29) is 5.33 Å². The van der Waals surface area contributed by atoms with Crippen molar-refractivity contribution in [1.29, 1.82) is 5.26 Å². The van der Waals surface area contributed by atoms with Crippen LogP contribution in [0, 0.1) is 11.3 Å². The Bertz CT molecular complexity index is 423. The highest BCUT2D eigenvalue weighted by atomic mass is 79.9. The van der Waals surface area contributed by atoms with Crippen LogP contribution in [0.1, 0.15) is 16.7 Å². The molecule has 1 nitrogen and oxygen atoms in total. The van der Waals surface area contributed by atoms with Gasteiger partial charge in [-0.15, -0.1) is 0 Å². The largest absolute Gasteiger partial charge is 0.419 e. The van der Waals surface area contributed by atoms with E-state index in [0.29, 0.717) is 5.56 Å². The van der Waals surface area contributed by atoms with Crippen LogP contribution >= 0.6 is 27.5 Å². The van der Waals surface area contributed by atoms with E-state index in [9.17, 15) is 13.2 Å². The van der Waals surface area contributed by atoms with E-state index in [0.717, 1.165) is 6.07 Å². The molecule has 0 heterocycles. The lowest BCUT2D eigenvalue weighted by Gasteiger charge is -2.12. The van der Waals surface area contributed by atoms with Gasteiger partial charge in [0.2, 0.25) is 0 Å². The van der Waals surface area contributed by atoms with Gasteiger partial charge in [0.05, 0.1) is 22.2 Å². The number of nitriles is 1. The zero-order valence-corrected chi connectivity index (χ0v) is 9.54. The van der Waals surface area contributed by atoms with Crippen molar-refractivity contribution in [3.63, 3.8) is 0 Å². The van der Waals surface area contributed by atoms with Crippen LogP contribution in [0.25, 0.3) is 0 Å². The lowest BCUT2D eigenvalue weighted by molar-refractivity contribution is -0.137. The number of rotatable bonds is 1. The molecule has 0 atom stereocenters. The third-order valence-corrected chi connectivity index (χ3v) is 2.81. The maximum Gasteiger partial charge on any atom is 0.419 e. The Morgan fingerprint density at radius 1 is 1.40 bits per heavy atom. The molecule has 0 aliphatic rings. The molecule has 0 N–H and O–H groups in total. The Hall–Kier alpha value is -0.730. The minimum atomic E-state index is -4.61. The summed E-state index contributed by atoms with van der Waals surface area (Å²) in [4.78, 5) is 0. The SMILES string of the molecule is N#Cc1ccc(CBr)c(Cl)c1C(F)(F)F. The highest BCUT2D eigenvalue weighted by molar-refractivity contribution is 9.08. The maximum absolute atomic E-state index is 12.6. The van der Waals surface area contributed by atoms with Gasteiger partial charge in [-0.2, -0.15) is 18.4 Å². The van der Waals surface area contributed by atoms with Crippen molar-refractivity contribution in [3.05, 3.63) is 33.8 Å². The molecule has 0 radical (unpaired) electrons. The number of benzene rings is 1. The van der Waals surface area contributed by atoms with Crippen LogP contribution in [0.15, 0.2) is 12.1 Å². The molecule has 15 heavy (non-hydrogen) atoms. The summed E-state index contributed by atoms with van der Waals surface area (Å²) in [6, 6.07) is 3.98. The van der Waals surface area contributed by atoms with Crippen molar-refractivity contribution in [2.45, 2.75) is 11.5 Å². The summed E-state index contributed by atoms with van der Waals surface area (Å²) in [5.41, 5.74) is -1.22. The Morgan fingerprint density at radius 3 is 2.40 bits per heavy atom. The Morgan fingerprint density at radius 2 is 2.00 bits per heavy atom. The molecule has 0 aliphatic heterocycles. The van der Waals surface area contributed by atoms with Crippen LogP contribution < -0.4 is 0 Å². The minimum absolute atomic E-state index is 0.209. The quantitative estimate of drug-likeness (QED) is 0.715. The third kappa shape index (κ3) is 2.44. The molecule has 1 rings (SSSR count). The number of alkyl halides is 4. The molecule has 0 amide bonds. The van der Waals surface area contributed by atoms with E-state index < -0.39 is 22.3 Å². The summed E-state index contributed by atoms with van der Waals surface area (Å²) in [5, 5.41) is 8.34. The number of hydrogen-bond donors (Lipinski definition) is 0. The highest BCUT2D eigenvalue weighted by Gasteiger charge is 2.36. The molecule has 0 saturated heterocycles. The second-order valence-corrected chi connectivity index (χ2v) is 3.64. The summed E-state index contributed by atoms with van der Waals surface area (Å²) < 4.78 is 37.7. The van der Waals surface area contributed by atoms with Crippen LogP contribution in [-0.2, 0) is 11.5 Å². The van der Waals surface area contributed by atoms with Gasteiger partial charge in [-0.3, -0.25) is 0 Å². The zero-order valence-electron chi connectivity index (χ0n) is 7.20. The monoisotopic (exact) mass is 297 g/mol. The van der Waals surface area contributed by atoms with Crippen LogP contribution in [0.3, 0.4) is 0 Å². The normalized spacial score (nSPS) is 11.2. The zero-order chi connectivity index (χ0) is 11.6. The van der Waals surface area contributed by atoms with Crippen molar-refractivity contribution in [2.24, 2.45) is 0 Å². The van der Waals surface area contributed by atoms with Crippen LogP contribution in [-0.4, -0.2) is 0 Å². The molecule has 80 valence electrons. The number of hydrogen-bond acceptors (Lipinski definition) is 1. The molecular weight excluding hydrogens is 294 g/mol. The second kappa shape index (κ2) is 4.42. The van der Waals surface area contributed by atoms with Crippen molar-refractivity contribution in [3.8, 4) is 6.07 Å². The maximum atomic E-state index is 12.6. The number of nitrogens with zero attached hydrogens (tertiary/aromatic N) is 1. The van der Waals surface area contributed by atoms with E-state index in [1.54, 1.807) is 0 Å². The molecule has 0 aromatic heterocycles. The van der Waals surface area contributed by atoms with Crippen LogP contribution in [0.4, 0.5) is 13.2 Å². The van der Waals surface area contributed by atoms with Gasteiger partial charge in [0, 0.05) is 5.33 Å². The predicted octanol–water partition coefficient (Wildman–Crippen LogP) is 4.13. The summed E-state index contributed by atoms with van der Waals surface area (Å²) >= 11 is 8.60. The molecule has 1 aromatic carbocycles. The number of halogens is 5. The van der Waals surface area contributed by atoms with E-state index in [2.05, 4.69) is 15.9 Å². The summed E-state index contributed by atoms with van der Waals surface area (Å²) in [5.74, 6) is 0. The van der Waals surface area contributed by atoms with Gasteiger partial charge >= 0.3 is 6.18 Å². The van der Waals surface area contributed by atoms with Gasteiger partial charge in [-0.05, 0) is 11.6 Å². The van der Waals surface area contributed by atoms with Crippen molar-refractivity contribution >= 4 is 27.5 Å². The Balaban J connectivity index is 3.52. The standard InChI is InChI=1S/C9H4BrClF3N/c10-3-5-1-2-6(4-15)7(8(5)11)9(12,13)14/h1-2H,3H2. The first kappa shape index (κ1) is 12.3. The van der Waals surface area contributed by atoms with E-state index >= 15 is 0 Å². The molecule has 6 heteroatoms. The first-order valence-electron chi connectivity index (χ1n) is 3.76. The molecule has 1 aromatic rings. The average molecular weight is 298 g/mol. The molecular formula is C9H4BrClF3N. The molecule has 0 saturated carbocycles. The Kier molecular flexibility index (Phi) is 3.63. The highest BCUT2D eigenvalue weighted by Crippen LogP contribution is 2.39. The van der Waals surface area contributed by atoms with Crippen LogP contribution in [0.2, 0.25) is 5.02 Å². The second-order valence-electron chi connectivity index (χ2n) is 2.70.